The quantitative estimate of drug-likeness (QED) is 0.321. The van der Waals surface area contributed by atoms with Crippen molar-refractivity contribution < 1.29 is 56.9 Å². The number of hydrogen-bond donors (Lipinski definition) is 0. The van der Waals surface area contributed by atoms with E-state index in [0.717, 1.165) is 5.56 Å². The minimum Gasteiger partial charge on any atom is -0.870 e. The van der Waals surface area contributed by atoms with E-state index >= 15 is 0 Å². The standard InChI is InChI=1S/C7H5N.K.H2O/c1-2-7-3-5-8-6-4-7;;/h1,3-6H;;1H2/q;+1;/p-1. The smallest absolute Gasteiger partial charge is 0.870 e. The van der Waals surface area contributed by atoms with Crippen molar-refractivity contribution in [1.82, 2.24) is 4.98 Å². The molecule has 0 atom stereocenters. The fourth-order valence-electron chi connectivity index (χ4n) is 0.448. The molecular weight excluding hydrogens is 153 g/mol. The van der Waals surface area contributed by atoms with Crippen LogP contribution in [0.2, 0.25) is 0 Å². The van der Waals surface area contributed by atoms with Crippen LogP contribution in [0, 0.1) is 12.3 Å². The third-order valence-corrected chi connectivity index (χ3v) is 0.847. The molecule has 0 unspecified atom stereocenters. The summed E-state index contributed by atoms with van der Waals surface area (Å²) in [5.41, 5.74) is 0.875. The van der Waals surface area contributed by atoms with E-state index in [9.17, 15) is 0 Å². The fraction of sp³-hybridized carbons (Fsp3) is 0. The van der Waals surface area contributed by atoms with Crippen LogP contribution >= 0.6 is 0 Å². The van der Waals surface area contributed by atoms with Gasteiger partial charge in [0.15, 0.2) is 0 Å². The summed E-state index contributed by atoms with van der Waals surface area (Å²) in [7, 11) is 0. The predicted molar refractivity (Wildman–Crippen MR) is 34.1 cm³/mol. The van der Waals surface area contributed by atoms with E-state index in [2.05, 4.69) is 10.9 Å². The van der Waals surface area contributed by atoms with Crippen LogP contribution in [-0.4, -0.2) is 10.5 Å². The molecule has 0 amide bonds. The van der Waals surface area contributed by atoms with Crippen LogP contribution in [0.3, 0.4) is 0 Å². The van der Waals surface area contributed by atoms with Crippen molar-refractivity contribution in [2.45, 2.75) is 0 Å². The third kappa shape index (κ3) is 4.17. The van der Waals surface area contributed by atoms with E-state index in [1.807, 2.05) is 0 Å². The van der Waals surface area contributed by atoms with Crippen LogP contribution in [0.4, 0.5) is 0 Å². The topological polar surface area (TPSA) is 42.9 Å². The molecule has 0 fully saturated rings. The molecule has 1 aromatic heterocycles. The summed E-state index contributed by atoms with van der Waals surface area (Å²) >= 11 is 0. The molecule has 0 aliphatic heterocycles. The first-order valence-electron chi connectivity index (χ1n) is 2.30. The molecule has 1 aromatic rings. The summed E-state index contributed by atoms with van der Waals surface area (Å²) < 4.78 is 0. The van der Waals surface area contributed by atoms with Crippen molar-refractivity contribution in [2.75, 3.05) is 0 Å². The second kappa shape index (κ2) is 7.41. The van der Waals surface area contributed by atoms with Crippen molar-refractivity contribution in [3.05, 3.63) is 30.1 Å². The maximum Gasteiger partial charge on any atom is 1.00 e. The van der Waals surface area contributed by atoms with Crippen LogP contribution in [0.5, 0.6) is 0 Å². The normalized spacial score (nSPS) is 6.30. The predicted octanol–water partition coefficient (Wildman–Crippen LogP) is -2.11. The summed E-state index contributed by atoms with van der Waals surface area (Å²) in [6.45, 7) is 0. The second-order valence-electron chi connectivity index (χ2n) is 1.38. The molecule has 3 heteroatoms. The molecule has 1 N–H and O–H groups in total. The van der Waals surface area contributed by atoms with Crippen LogP contribution in [0.15, 0.2) is 24.5 Å². The molecule has 46 valence electrons. The van der Waals surface area contributed by atoms with Gasteiger partial charge in [0.25, 0.3) is 0 Å². The molecule has 2 nitrogen and oxygen atoms in total. The van der Waals surface area contributed by atoms with Gasteiger partial charge in [0.1, 0.15) is 0 Å². The molecule has 0 spiro atoms. The van der Waals surface area contributed by atoms with Crippen molar-refractivity contribution in [1.29, 1.82) is 0 Å². The summed E-state index contributed by atoms with van der Waals surface area (Å²) in [4.78, 5) is 3.80. The van der Waals surface area contributed by atoms with Crippen molar-refractivity contribution in [2.24, 2.45) is 0 Å². The first kappa shape index (κ1) is 12.9. The molecule has 0 aromatic carbocycles. The van der Waals surface area contributed by atoms with Crippen molar-refractivity contribution >= 4 is 0 Å². The van der Waals surface area contributed by atoms with Gasteiger partial charge in [0.05, 0.1) is 0 Å². The Bertz CT molecular complexity index is 205. The Hall–Kier alpha value is 0.306. The number of rotatable bonds is 0. The van der Waals surface area contributed by atoms with Crippen LogP contribution in [0.1, 0.15) is 5.56 Å². The van der Waals surface area contributed by atoms with E-state index in [-0.39, 0.29) is 56.9 Å². The fourth-order valence-corrected chi connectivity index (χ4v) is 0.448. The summed E-state index contributed by atoms with van der Waals surface area (Å²) in [6.07, 6.45) is 8.42. The molecule has 1 rings (SSSR count). The minimum atomic E-state index is 0. The SMILES string of the molecule is C#Cc1ccncc1.[K+].[OH-]. The first-order valence-corrected chi connectivity index (χ1v) is 2.30. The van der Waals surface area contributed by atoms with E-state index < -0.39 is 0 Å². The van der Waals surface area contributed by atoms with Gasteiger partial charge < -0.3 is 5.48 Å². The summed E-state index contributed by atoms with van der Waals surface area (Å²) in [6, 6.07) is 3.58. The molecular formula is C7H6KNO. The van der Waals surface area contributed by atoms with E-state index in [0.29, 0.717) is 0 Å². The Morgan fingerprint density at radius 2 is 1.80 bits per heavy atom. The number of aromatic nitrogens is 1. The largest absolute Gasteiger partial charge is 1.00 e. The van der Waals surface area contributed by atoms with Crippen LogP contribution in [-0.2, 0) is 0 Å². The van der Waals surface area contributed by atoms with Crippen molar-refractivity contribution in [3.8, 4) is 12.3 Å². The van der Waals surface area contributed by atoms with Gasteiger partial charge in [-0.15, -0.1) is 6.42 Å². The first-order chi connectivity index (χ1) is 3.93. The molecule has 0 bridgehead atoms. The van der Waals surface area contributed by atoms with Crippen molar-refractivity contribution in [3.63, 3.8) is 0 Å². The van der Waals surface area contributed by atoms with Gasteiger partial charge in [0, 0.05) is 18.0 Å². The summed E-state index contributed by atoms with van der Waals surface area (Å²) in [5.74, 6) is 2.49. The van der Waals surface area contributed by atoms with Crippen LogP contribution in [0.25, 0.3) is 0 Å². The Labute approximate surface area is 103 Å². The monoisotopic (exact) mass is 159 g/mol. The zero-order valence-corrected chi connectivity index (χ0v) is 8.90. The Kier molecular flexibility index (Phi) is 9.59. The molecule has 0 saturated carbocycles. The zero-order chi connectivity index (χ0) is 5.82. The Morgan fingerprint density at radius 3 is 2.10 bits per heavy atom. The molecule has 0 saturated heterocycles. The van der Waals surface area contributed by atoms with Gasteiger partial charge >= 0.3 is 51.4 Å². The average Bonchev–Trinajstić information content (AvgIpc) is 1.90. The Morgan fingerprint density at radius 1 is 1.30 bits per heavy atom. The van der Waals surface area contributed by atoms with E-state index in [1.165, 1.54) is 0 Å². The molecule has 10 heavy (non-hydrogen) atoms. The second-order valence-corrected chi connectivity index (χ2v) is 1.38. The number of nitrogens with zero attached hydrogens (tertiary/aromatic N) is 1. The van der Waals surface area contributed by atoms with Crippen LogP contribution < -0.4 is 51.4 Å². The summed E-state index contributed by atoms with van der Waals surface area (Å²) in [5, 5.41) is 0. The third-order valence-electron chi connectivity index (χ3n) is 0.847. The number of pyridine rings is 1. The number of terminal acetylenes is 1. The zero-order valence-electron chi connectivity index (χ0n) is 5.78. The number of hydrogen-bond acceptors (Lipinski definition) is 2. The average molecular weight is 159 g/mol. The maximum atomic E-state index is 5.07. The van der Waals surface area contributed by atoms with Gasteiger partial charge in [0.2, 0.25) is 0 Å². The molecule has 0 radical (unpaired) electrons. The molecule has 0 aliphatic rings. The molecule has 0 aliphatic carbocycles. The van der Waals surface area contributed by atoms with Gasteiger partial charge in [-0.3, -0.25) is 4.98 Å². The van der Waals surface area contributed by atoms with Gasteiger partial charge in [-0.2, -0.15) is 0 Å². The van der Waals surface area contributed by atoms with Gasteiger partial charge in [-0.25, -0.2) is 0 Å². The van der Waals surface area contributed by atoms with E-state index in [4.69, 9.17) is 6.42 Å². The Balaban J connectivity index is 0. The van der Waals surface area contributed by atoms with Gasteiger partial charge in [-0.05, 0) is 12.1 Å². The maximum absolute atomic E-state index is 5.07. The molecule has 1 heterocycles. The minimum absolute atomic E-state index is 0. The van der Waals surface area contributed by atoms with E-state index in [1.54, 1.807) is 24.5 Å². The van der Waals surface area contributed by atoms with Gasteiger partial charge in [-0.1, -0.05) is 5.92 Å².